The summed E-state index contributed by atoms with van der Waals surface area (Å²) in [5.74, 6) is -0.750. The Morgan fingerprint density at radius 2 is 1.88 bits per heavy atom. The minimum absolute atomic E-state index is 0.215. The molecule has 0 fully saturated rings. The van der Waals surface area contributed by atoms with Crippen LogP contribution in [0.3, 0.4) is 0 Å². The number of rotatable bonds is 11. The number of aliphatic carboxylic acids is 1. The highest BCUT2D eigenvalue weighted by Crippen LogP contribution is 1.97. The first-order valence-corrected chi connectivity index (χ1v) is 5.44. The molecule has 0 aliphatic heterocycles. The highest BCUT2D eigenvalue weighted by atomic mass is 16.5. The molecule has 92 valence electrons. The van der Waals surface area contributed by atoms with Crippen LogP contribution in [0.2, 0.25) is 0 Å². The summed E-state index contributed by atoms with van der Waals surface area (Å²) in [4.78, 5) is 12.3. The summed E-state index contributed by atoms with van der Waals surface area (Å²) in [5.41, 5.74) is 0. The number of nitrogens with zero attached hydrogens (tertiary/aromatic N) is 1. The Kier molecular flexibility index (Phi) is 9.66. The van der Waals surface area contributed by atoms with E-state index < -0.39 is 5.97 Å². The number of carboxylic acid groups (broad SMARTS) is 1. The van der Waals surface area contributed by atoms with Gasteiger partial charge in [0, 0.05) is 26.1 Å². The standard InChI is InChI=1S/C12H21NO3/c1-3-8-13(9-4-2)11-16-10-6-5-7-12(14)15/h3-4H,1-2,5-11H2,(H,14,15). The minimum Gasteiger partial charge on any atom is -0.481 e. The first-order chi connectivity index (χ1) is 7.70. The van der Waals surface area contributed by atoms with Crippen molar-refractivity contribution in [3.05, 3.63) is 25.3 Å². The van der Waals surface area contributed by atoms with Crippen molar-refractivity contribution in [2.75, 3.05) is 26.4 Å². The van der Waals surface area contributed by atoms with Gasteiger partial charge in [-0.2, -0.15) is 0 Å². The summed E-state index contributed by atoms with van der Waals surface area (Å²) in [6.45, 7) is 9.98. The van der Waals surface area contributed by atoms with Crippen LogP contribution in [0.5, 0.6) is 0 Å². The summed E-state index contributed by atoms with van der Waals surface area (Å²) in [6, 6.07) is 0. The van der Waals surface area contributed by atoms with E-state index in [1.165, 1.54) is 0 Å². The molecule has 0 unspecified atom stereocenters. The maximum atomic E-state index is 10.2. The molecule has 0 atom stereocenters. The van der Waals surface area contributed by atoms with Gasteiger partial charge in [0.1, 0.15) is 0 Å². The molecule has 0 aromatic rings. The zero-order valence-electron chi connectivity index (χ0n) is 9.73. The van der Waals surface area contributed by atoms with E-state index >= 15 is 0 Å². The largest absolute Gasteiger partial charge is 0.481 e. The Morgan fingerprint density at radius 1 is 1.25 bits per heavy atom. The van der Waals surface area contributed by atoms with Gasteiger partial charge in [0.05, 0.1) is 6.73 Å². The van der Waals surface area contributed by atoms with E-state index in [0.717, 1.165) is 19.5 Å². The van der Waals surface area contributed by atoms with Gasteiger partial charge in [-0.05, 0) is 12.8 Å². The van der Waals surface area contributed by atoms with Gasteiger partial charge < -0.3 is 9.84 Å². The van der Waals surface area contributed by atoms with Gasteiger partial charge in [-0.25, -0.2) is 0 Å². The van der Waals surface area contributed by atoms with E-state index in [4.69, 9.17) is 9.84 Å². The zero-order valence-corrected chi connectivity index (χ0v) is 9.73. The molecule has 0 radical (unpaired) electrons. The van der Waals surface area contributed by atoms with Crippen molar-refractivity contribution in [3.63, 3.8) is 0 Å². The molecule has 0 amide bonds. The first-order valence-electron chi connectivity index (χ1n) is 5.44. The summed E-state index contributed by atoms with van der Waals surface area (Å²) in [7, 11) is 0. The van der Waals surface area contributed by atoms with Crippen LogP contribution in [-0.2, 0) is 9.53 Å². The predicted molar refractivity (Wildman–Crippen MR) is 64.3 cm³/mol. The highest BCUT2D eigenvalue weighted by Gasteiger charge is 2.00. The van der Waals surface area contributed by atoms with E-state index in [9.17, 15) is 4.79 Å². The van der Waals surface area contributed by atoms with Gasteiger partial charge in [0.25, 0.3) is 0 Å². The van der Waals surface area contributed by atoms with Crippen LogP contribution < -0.4 is 0 Å². The van der Waals surface area contributed by atoms with Crippen LogP contribution in [0.4, 0.5) is 0 Å². The molecular formula is C12H21NO3. The average molecular weight is 227 g/mol. The second-order valence-corrected chi connectivity index (χ2v) is 3.50. The number of unbranched alkanes of at least 4 members (excludes halogenated alkanes) is 1. The second kappa shape index (κ2) is 10.4. The molecule has 0 aliphatic rings. The SMILES string of the molecule is C=CCN(CC=C)COCCCCC(=O)O. The minimum atomic E-state index is -0.750. The Bertz CT molecular complexity index is 206. The third-order valence-electron chi connectivity index (χ3n) is 1.98. The van der Waals surface area contributed by atoms with E-state index in [0.29, 0.717) is 19.8 Å². The molecule has 0 bridgehead atoms. The van der Waals surface area contributed by atoms with Gasteiger partial charge in [-0.1, -0.05) is 12.2 Å². The molecule has 16 heavy (non-hydrogen) atoms. The van der Waals surface area contributed by atoms with Crippen molar-refractivity contribution in [1.82, 2.24) is 4.90 Å². The van der Waals surface area contributed by atoms with Gasteiger partial charge in [0.15, 0.2) is 0 Å². The van der Waals surface area contributed by atoms with Crippen molar-refractivity contribution in [3.8, 4) is 0 Å². The number of carboxylic acids is 1. The topological polar surface area (TPSA) is 49.8 Å². The number of hydrogen-bond acceptors (Lipinski definition) is 3. The zero-order chi connectivity index (χ0) is 12.2. The lowest BCUT2D eigenvalue weighted by Gasteiger charge is -2.18. The fourth-order valence-electron chi connectivity index (χ4n) is 1.22. The van der Waals surface area contributed by atoms with E-state index in [1.807, 2.05) is 12.2 Å². The van der Waals surface area contributed by atoms with Gasteiger partial charge >= 0.3 is 5.97 Å². The van der Waals surface area contributed by atoms with Gasteiger partial charge in [-0.3, -0.25) is 9.69 Å². The summed E-state index contributed by atoms with van der Waals surface area (Å²) in [5, 5.41) is 8.43. The Hall–Kier alpha value is -1.13. The molecule has 0 spiro atoms. The molecule has 4 nitrogen and oxygen atoms in total. The van der Waals surface area contributed by atoms with Crippen LogP contribution >= 0.6 is 0 Å². The molecule has 0 aliphatic carbocycles. The third-order valence-corrected chi connectivity index (χ3v) is 1.98. The lowest BCUT2D eigenvalue weighted by Crippen LogP contribution is -2.27. The van der Waals surface area contributed by atoms with Crippen molar-refractivity contribution in [2.24, 2.45) is 0 Å². The molecule has 0 saturated carbocycles. The van der Waals surface area contributed by atoms with E-state index in [-0.39, 0.29) is 6.42 Å². The predicted octanol–water partition coefficient (Wildman–Crippen LogP) is 1.89. The van der Waals surface area contributed by atoms with Crippen molar-refractivity contribution < 1.29 is 14.6 Å². The summed E-state index contributed by atoms with van der Waals surface area (Å²) in [6.07, 6.45) is 5.29. The molecular weight excluding hydrogens is 206 g/mol. The fraction of sp³-hybridized carbons (Fsp3) is 0.583. The fourth-order valence-corrected chi connectivity index (χ4v) is 1.22. The number of carbonyl (C=O) groups is 1. The maximum absolute atomic E-state index is 10.2. The normalized spacial score (nSPS) is 10.3. The molecule has 0 saturated heterocycles. The van der Waals surface area contributed by atoms with Crippen LogP contribution in [0.1, 0.15) is 19.3 Å². The number of hydrogen-bond donors (Lipinski definition) is 1. The third kappa shape index (κ3) is 9.43. The first kappa shape index (κ1) is 14.9. The van der Waals surface area contributed by atoms with Crippen LogP contribution in [0.15, 0.2) is 25.3 Å². The Morgan fingerprint density at radius 3 is 2.38 bits per heavy atom. The quantitative estimate of drug-likeness (QED) is 0.333. The molecule has 4 heteroatoms. The van der Waals surface area contributed by atoms with Crippen LogP contribution in [0.25, 0.3) is 0 Å². The summed E-state index contributed by atoms with van der Waals surface area (Å²) >= 11 is 0. The Balaban J connectivity index is 3.42. The van der Waals surface area contributed by atoms with Gasteiger partial charge in [-0.15, -0.1) is 13.2 Å². The van der Waals surface area contributed by atoms with Crippen LogP contribution in [-0.4, -0.2) is 42.4 Å². The van der Waals surface area contributed by atoms with Gasteiger partial charge in [0.2, 0.25) is 0 Å². The maximum Gasteiger partial charge on any atom is 0.303 e. The average Bonchev–Trinajstić information content (AvgIpc) is 2.23. The molecule has 0 heterocycles. The second-order valence-electron chi connectivity index (χ2n) is 3.50. The van der Waals surface area contributed by atoms with E-state index in [1.54, 1.807) is 0 Å². The monoisotopic (exact) mass is 227 g/mol. The Labute approximate surface area is 97.2 Å². The lowest BCUT2D eigenvalue weighted by atomic mass is 10.2. The molecule has 0 aromatic heterocycles. The lowest BCUT2D eigenvalue weighted by molar-refractivity contribution is -0.137. The summed E-state index contributed by atoms with van der Waals surface area (Å²) < 4.78 is 5.42. The van der Waals surface area contributed by atoms with Crippen molar-refractivity contribution in [1.29, 1.82) is 0 Å². The van der Waals surface area contributed by atoms with Crippen molar-refractivity contribution in [2.45, 2.75) is 19.3 Å². The molecule has 1 N–H and O–H groups in total. The molecule has 0 aromatic carbocycles. The smallest absolute Gasteiger partial charge is 0.303 e. The number of ether oxygens (including phenoxy) is 1. The van der Waals surface area contributed by atoms with Crippen LogP contribution in [0, 0.1) is 0 Å². The van der Waals surface area contributed by atoms with Crippen molar-refractivity contribution >= 4 is 5.97 Å². The van der Waals surface area contributed by atoms with E-state index in [2.05, 4.69) is 18.1 Å². The highest BCUT2D eigenvalue weighted by molar-refractivity contribution is 5.66. The molecule has 0 rings (SSSR count).